The third-order valence-corrected chi connectivity index (χ3v) is 4.46. The third-order valence-electron chi connectivity index (χ3n) is 4.46. The molecule has 1 amide bonds. The topological polar surface area (TPSA) is 62.1 Å². The first-order valence-electron chi connectivity index (χ1n) is 7.26. The minimum Gasteiger partial charge on any atom is -0.351 e. The quantitative estimate of drug-likeness (QED) is 0.879. The fourth-order valence-electron chi connectivity index (χ4n) is 3.00. The zero-order valence-electron chi connectivity index (χ0n) is 11.8. The molecule has 1 aromatic carbocycles. The molecule has 0 spiro atoms. The van der Waals surface area contributed by atoms with Crippen molar-refractivity contribution in [2.24, 2.45) is 17.6 Å². The smallest absolute Gasteiger partial charge is 0.270 e. The maximum Gasteiger partial charge on any atom is 0.270 e. The van der Waals surface area contributed by atoms with Gasteiger partial charge in [-0.15, -0.1) is 0 Å². The van der Waals surface area contributed by atoms with Gasteiger partial charge in [0.15, 0.2) is 0 Å². The van der Waals surface area contributed by atoms with Gasteiger partial charge < -0.3 is 15.6 Å². The van der Waals surface area contributed by atoms with Crippen LogP contribution in [0.2, 0.25) is 0 Å². The van der Waals surface area contributed by atoms with E-state index in [1.165, 1.54) is 0 Å². The van der Waals surface area contributed by atoms with E-state index in [1.807, 2.05) is 35.2 Å². The van der Waals surface area contributed by atoms with Crippen LogP contribution in [0.1, 0.15) is 23.8 Å². The number of aromatic nitrogens is 1. The molecule has 0 aliphatic carbocycles. The highest BCUT2D eigenvalue weighted by Crippen LogP contribution is 2.24. The van der Waals surface area contributed by atoms with Crippen molar-refractivity contribution in [3.8, 4) is 0 Å². The molecule has 106 valence electrons. The molecule has 1 fully saturated rings. The van der Waals surface area contributed by atoms with Crippen molar-refractivity contribution < 1.29 is 4.79 Å². The van der Waals surface area contributed by atoms with Crippen LogP contribution in [-0.2, 0) is 0 Å². The Balaban J connectivity index is 1.81. The summed E-state index contributed by atoms with van der Waals surface area (Å²) in [6, 6.07) is 9.90. The van der Waals surface area contributed by atoms with Gasteiger partial charge in [0.25, 0.3) is 5.91 Å². The predicted molar refractivity (Wildman–Crippen MR) is 80.5 cm³/mol. The number of aromatic amines is 1. The number of carbonyl (C=O) groups is 1. The van der Waals surface area contributed by atoms with Crippen molar-refractivity contribution in [1.29, 1.82) is 0 Å². The van der Waals surface area contributed by atoms with E-state index < -0.39 is 0 Å². The molecule has 0 bridgehead atoms. The summed E-state index contributed by atoms with van der Waals surface area (Å²) in [5, 5.41) is 1.08. The van der Waals surface area contributed by atoms with Crippen molar-refractivity contribution in [2.45, 2.75) is 13.3 Å². The molecular formula is C16H21N3O. The molecular weight excluding hydrogens is 250 g/mol. The van der Waals surface area contributed by atoms with Gasteiger partial charge in [0.05, 0.1) is 0 Å². The molecule has 2 aromatic rings. The number of nitrogens with zero attached hydrogens (tertiary/aromatic N) is 1. The van der Waals surface area contributed by atoms with Gasteiger partial charge in [0.2, 0.25) is 0 Å². The molecule has 4 nitrogen and oxygen atoms in total. The average Bonchev–Trinajstić information content (AvgIpc) is 2.91. The zero-order valence-corrected chi connectivity index (χ0v) is 11.8. The number of rotatable bonds is 2. The second-order valence-corrected chi connectivity index (χ2v) is 5.78. The predicted octanol–water partition coefficient (Wildman–Crippen LogP) is 2.22. The van der Waals surface area contributed by atoms with Crippen LogP contribution in [-0.4, -0.2) is 35.4 Å². The molecule has 2 heterocycles. The van der Waals surface area contributed by atoms with E-state index in [0.29, 0.717) is 24.1 Å². The van der Waals surface area contributed by atoms with Crippen molar-refractivity contribution in [2.75, 3.05) is 19.6 Å². The summed E-state index contributed by atoms with van der Waals surface area (Å²) in [6.07, 6.45) is 1.04. The summed E-state index contributed by atoms with van der Waals surface area (Å²) in [5.74, 6) is 1.11. The van der Waals surface area contributed by atoms with Gasteiger partial charge in [-0.25, -0.2) is 0 Å². The Bertz CT molecular complexity index is 586. The number of fused-ring (bicyclic) bond motifs is 1. The number of benzene rings is 1. The molecule has 1 aliphatic heterocycles. The van der Waals surface area contributed by atoms with Crippen LogP contribution in [0.3, 0.4) is 0 Å². The molecule has 3 rings (SSSR count). The maximum atomic E-state index is 12.6. The van der Waals surface area contributed by atoms with Gasteiger partial charge in [0, 0.05) is 24.0 Å². The van der Waals surface area contributed by atoms with Crippen LogP contribution >= 0.6 is 0 Å². The van der Waals surface area contributed by atoms with Crippen molar-refractivity contribution in [3.05, 3.63) is 36.0 Å². The second kappa shape index (κ2) is 5.29. The lowest BCUT2D eigenvalue weighted by Crippen LogP contribution is -2.45. The van der Waals surface area contributed by atoms with Gasteiger partial charge in [-0.05, 0) is 36.9 Å². The summed E-state index contributed by atoms with van der Waals surface area (Å²) in [7, 11) is 0. The molecule has 2 unspecified atom stereocenters. The van der Waals surface area contributed by atoms with Gasteiger partial charge >= 0.3 is 0 Å². The molecule has 2 atom stereocenters. The van der Waals surface area contributed by atoms with Gasteiger partial charge in [0.1, 0.15) is 5.69 Å². The number of hydrogen-bond acceptors (Lipinski definition) is 2. The van der Waals surface area contributed by atoms with E-state index in [-0.39, 0.29) is 5.91 Å². The third kappa shape index (κ3) is 2.31. The Kier molecular flexibility index (Phi) is 3.49. The minimum absolute atomic E-state index is 0.0894. The first-order chi connectivity index (χ1) is 9.69. The summed E-state index contributed by atoms with van der Waals surface area (Å²) in [4.78, 5) is 17.7. The molecule has 0 saturated carbocycles. The SMILES string of the molecule is CC1CCN(C(=O)c2cc3ccccc3[nH]2)CC1CN. The van der Waals surface area contributed by atoms with Crippen LogP contribution in [0.4, 0.5) is 0 Å². The van der Waals surface area contributed by atoms with E-state index in [0.717, 1.165) is 30.4 Å². The number of carbonyl (C=O) groups excluding carboxylic acids is 1. The number of H-pyrrole nitrogens is 1. The van der Waals surface area contributed by atoms with Crippen molar-refractivity contribution >= 4 is 16.8 Å². The monoisotopic (exact) mass is 271 g/mol. The summed E-state index contributed by atoms with van der Waals surface area (Å²) in [6.45, 7) is 4.47. The first-order valence-corrected chi connectivity index (χ1v) is 7.26. The maximum absolute atomic E-state index is 12.6. The molecule has 4 heteroatoms. The first kappa shape index (κ1) is 13.2. The number of hydrogen-bond donors (Lipinski definition) is 2. The van der Waals surface area contributed by atoms with Gasteiger partial charge in [-0.2, -0.15) is 0 Å². The Morgan fingerprint density at radius 1 is 1.45 bits per heavy atom. The van der Waals surface area contributed by atoms with Gasteiger partial charge in [-0.1, -0.05) is 25.1 Å². The van der Waals surface area contributed by atoms with E-state index in [4.69, 9.17) is 5.73 Å². The highest BCUT2D eigenvalue weighted by molar-refractivity contribution is 5.98. The van der Waals surface area contributed by atoms with E-state index in [2.05, 4.69) is 11.9 Å². The van der Waals surface area contributed by atoms with Crippen LogP contribution in [0.15, 0.2) is 30.3 Å². The standard InChI is InChI=1S/C16H21N3O/c1-11-6-7-19(10-13(11)9-17)16(20)15-8-12-4-2-3-5-14(12)18-15/h2-5,8,11,13,18H,6-7,9-10,17H2,1H3. The Labute approximate surface area is 118 Å². The Morgan fingerprint density at radius 2 is 2.25 bits per heavy atom. The largest absolute Gasteiger partial charge is 0.351 e. The van der Waals surface area contributed by atoms with E-state index in [1.54, 1.807) is 0 Å². The molecule has 0 radical (unpaired) electrons. The number of nitrogens with one attached hydrogen (secondary N) is 1. The van der Waals surface area contributed by atoms with Crippen LogP contribution < -0.4 is 5.73 Å². The fourth-order valence-corrected chi connectivity index (χ4v) is 3.00. The van der Waals surface area contributed by atoms with Crippen LogP contribution in [0, 0.1) is 11.8 Å². The number of nitrogens with two attached hydrogens (primary N) is 1. The van der Waals surface area contributed by atoms with E-state index in [9.17, 15) is 4.79 Å². The molecule has 3 N–H and O–H groups in total. The Morgan fingerprint density at radius 3 is 3.00 bits per heavy atom. The lowest BCUT2D eigenvalue weighted by atomic mass is 9.87. The zero-order chi connectivity index (χ0) is 14.1. The average molecular weight is 271 g/mol. The van der Waals surface area contributed by atoms with Crippen LogP contribution in [0.25, 0.3) is 10.9 Å². The highest BCUT2D eigenvalue weighted by atomic mass is 16.2. The number of amides is 1. The minimum atomic E-state index is 0.0894. The molecule has 1 saturated heterocycles. The Hall–Kier alpha value is -1.81. The van der Waals surface area contributed by atoms with E-state index >= 15 is 0 Å². The van der Waals surface area contributed by atoms with Crippen LogP contribution in [0.5, 0.6) is 0 Å². The summed E-state index contributed by atoms with van der Waals surface area (Å²) < 4.78 is 0. The second-order valence-electron chi connectivity index (χ2n) is 5.78. The lowest BCUT2D eigenvalue weighted by molar-refractivity contribution is 0.0613. The number of likely N-dealkylation sites (tertiary alicyclic amines) is 1. The summed E-state index contributed by atoms with van der Waals surface area (Å²) in [5.41, 5.74) is 7.50. The molecule has 20 heavy (non-hydrogen) atoms. The number of piperidine rings is 1. The normalized spacial score (nSPS) is 23.2. The van der Waals surface area contributed by atoms with Gasteiger partial charge in [-0.3, -0.25) is 4.79 Å². The van der Waals surface area contributed by atoms with Crippen molar-refractivity contribution in [3.63, 3.8) is 0 Å². The summed E-state index contributed by atoms with van der Waals surface area (Å²) >= 11 is 0. The molecule has 1 aromatic heterocycles. The highest BCUT2D eigenvalue weighted by Gasteiger charge is 2.28. The lowest BCUT2D eigenvalue weighted by Gasteiger charge is -2.36. The fraction of sp³-hybridized carbons (Fsp3) is 0.438. The molecule has 1 aliphatic rings. The van der Waals surface area contributed by atoms with Crippen molar-refractivity contribution in [1.82, 2.24) is 9.88 Å². The number of para-hydroxylation sites is 1.